The molecule has 0 saturated carbocycles. The number of carbonyl (C=O) groups is 2. The molecule has 1 aliphatic heterocycles. The summed E-state index contributed by atoms with van der Waals surface area (Å²) in [6.07, 6.45) is -0.214. The van der Waals surface area contributed by atoms with Gasteiger partial charge in [-0.15, -0.1) is 11.8 Å². The fourth-order valence-electron chi connectivity index (χ4n) is 4.89. The summed E-state index contributed by atoms with van der Waals surface area (Å²) in [6, 6.07) is 2.33. The van der Waals surface area contributed by atoms with Crippen LogP contribution in [-0.2, 0) is 20.5 Å². The number of ketones is 1. The van der Waals surface area contributed by atoms with E-state index in [2.05, 4.69) is 38.8 Å². The summed E-state index contributed by atoms with van der Waals surface area (Å²) < 4.78 is 43.9. The predicted molar refractivity (Wildman–Crippen MR) is 126 cm³/mol. The van der Waals surface area contributed by atoms with Crippen molar-refractivity contribution in [2.45, 2.75) is 71.2 Å². The first-order valence-electron chi connectivity index (χ1n) is 11.8. The van der Waals surface area contributed by atoms with Crippen molar-refractivity contribution < 1.29 is 27.5 Å². The lowest BCUT2D eigenvalue weighted by Crippen LogP contribution is -2.39. The number of thioether (sulfide) groups is 1. The summed E-state index contributed by atoms with van der Waals surface area (Å²) in [5, 5.41) is 0.450. The summed E-state index contributed by atoms with van der Waals surface area (Å²) in [5.41, 5.74) is 1.65. The van der Waals surface area contributed by atoms with Crippen LogP contribution in [0.4, 0.5) is 13.2 Å². The summed E-state index contributed by atoms with van der Waals surface area (Å²) in [5.74, 6) is 0.0456. The maximum Gasteiger partial charge on any atom is 0.417 e. The Morgan fingerprint density at radius 2 is 1.91 bits per heavy atom. The van der Waals surface area contributed by atoms with Gasteiger partial charge in [0.1, 0.15) is 11.7 Å². The Bertz CT molecular complexity index is 964. The molecule has 0 amide bonds. The van der Waals surface area contributed by atoms with Gasteiger partial charge in [-0.2, -0.15) is 13.2 Å². The molecular formula is C26H32F3NO3S. The van der Waals surface area contributed by atoms with Gasteiger partial charge in [-0.3, -0.25) is 4.79 Å². The van der Waals surface area contributed by atoms with Crippen LogP contribution in [-0.4, -0.2) is 28.6 Å². The monoisotopic (exact) mass is 495 g/mol. The van der Waals surface area contributed by atoms with Crippen molar-refractivity contribution in [3.63, 3.8) is 0 Å². The van der Waals surface area contributed by atoms with Gasteiger partial charge in [-0.05, 0) is 55.2 Å². The molecule has 186 valence electrons. The van der Waals surface area contributed by atoms with E-state index in [1.54, 1.807) is 0 Å². The van der Waals surface area contributed by atoms with Crippen LogP contribution in [0.2, 0.25) is 0 Å². The number of hydrogen-bond acceptors (Lipinski definition) is 5. The smallest absolute Gasteiger partial charge is 0.417 e. The van der Waals surface area contributed by atoms with Crippen LogP contribution in [0, 0.1) is 23.7 Å². The maximum atomic E-state index is 13.2. The third kappa shape index (κ3) is 5.58. The first-order valence-corrected chi connectivity index (χ1v) is 12.8. The first kappa shape index (κ1) is 26.5. The molecule has 0 bridgehead atoms. The molecule has 2 aliphatic rings. The van der Waals surface area contributed by atoms with Gasteiger partial charge in [0.2, 0.25) is 0 Å². The van der Waals surface area contributed by atoms with E-state index in [1.807, 2.05) is 6.92 Å². The third-order valence-electron chi connectivity index (χ3n) is 7.07. The zero-order valence-electron chi connectivity index (χ0n) is 20.2. The summed E-state index contributed by atoms with van der Waals surface area (Å²) in [6.45, 7) is 10.3. The average molecular weight is 496 g/mol. The highest BCUT2D eigenvalue weighted by molar-refractivity contribution is 7.99. The van der Waals surface area contributed by atoms with Crippen molar-refractivity contribution in [3.8, 4) is 0 Å². The van der Waals surface area contributed by atoms with Gasteiger partial charge in [0.15, 0.2) is 5.78 Å². The molecule has 1 fully saturated rings. The van der Waals surface area contributed by atoms with Crippen LogP contribution in [0.1, 0.15) is 59.4 Å². The minimum atomic E-state index is -4.43. The molecule has 1 saturated heterocycles. The van der Waals surface area contributed by atoms with E-state index < -0.39 is 23.8 Å². The molecule has 1 aromatic rings. The number of halogens is 3. The van der Waals surface area contributed by atoms with Gasteiger partial charge in [-0.25, -0.2) is 9.78 Å². The van der Waals surface area contributed by atoms with Crippen LogP contribution in [0.3, 0.4) is 0 Å². The maximum absolute atomic E-state index is 13.2. The molecule has 1 aromatic heterocycles. The van der Waals surface area contributed by atoms with Crippen LogP contribution in [0.25, 0.3) is 0 Å². The molecule has 2 heterocycles. The number of allylic oxidation sites excluding steroid dienone is 3. The van der Waals surface area contributed by atoms with Gasteiger partial charge in [0.05, 0.1) is 10.6 Å². The van der Waals surface area contributed by atoms with Crippen molar-refractivity contribution >= 4 is 23.5 Å². The van der Waals surface area contributed by atoms with Gasteiger partial charge in [0.25, 0.3) is 0 Å². The van der Waals surface area contributed by atoms with Crippen molar-refractivity contribution in [1.29, 1.82) is 0 Å². The van der Waals surface area contributed by atoms with E-state index >= 15 is 0 Å². The molecule has 0 N–H and O–H groups in total. The van der Waals surface area contributed by atoms with E-state index in [9.17, 15) is 22.8 Å². The molecule has 5 atom stereocenters. The quantitative estimate of drug-likeness (QED) is 0.145. The Morgan fingerprint density at radius 1 is 1.21 bits per heavy atom. The van der Waals surface area contributed by atoms with Crippen molar-refractivity contribution in [3.05, 3.63) is 46.7 Å². The van der Waals surface area contributed by atoms with E-state index in [1.165, 1.54) is 23.4 Å². The number of cyclic esters (lactones) is 1. The number of alkyl halides is 3. The molecule has 34 heavy (non-hydrogen) atoms. The van der Waals surface area contributed by atoms with E-state index in [0.29, 0.717) is 10.8 Å². The first-order chi connectivity index (χ1) is 16.0. The highest BCUT2D eigenvalue weighted by atomic mass is 32.2. The number of nitrogens with zero attached hydrogens (tertiary/aromatic N) is 1. The number of carbonyl (C=O) groups excluding carboxylic acids is 2. The summed E-state index contributed by atoms with van der Waals surface area (Å²) in [4.78, 5) is 30.2. The molecule has 8 heteroatoms. The summed E-state index contributed by atoms with van der Waals surface area (Å²) >= 11 is 1.28. The number of pyridine rings is 1. The van der Waals surface area contributed by atoms with Crippen molar-refractivity contribution in [2.75, 3.05) is 5.75 Å². The lowest BCUT2D eigenvalue weighted by molar-refractivity contribution is -0.153. The Balaban J connectivity index is 1.73. The van der Waals surface area contributed by atoms with Gasteiger partial charge >= 0.3 is 12.1 Å². The zero-order chi connectivity index (χ0) is 25.2. The topological polar surface area (TPSA) is 56.3 Å². The molecular weight excluding hydrogens is 463 g/mol. The zero-order valence-corrected chi connectivity index (χ0v) is 21.1. The van der Waals surface area contributed by atoms with Crippen molar-refractivity contribution in [2.24, 2.45) is 23.7 Å². The minimum absolute atomic E-state index is 0.0583. The van der Waals surface area contributed by atoms with Crippen LogP contribution in [0.5, 0.6) is 0 Å². The Labute approximate surface area is 203 Å². The predicted octanol–water partition coefficient (Wildman–Crippen LogP) is 6.66. The van der Waals surface area contributed by atoms with Crippen molar-refractivity contribution in [1.82, 2.24) is 4.98 Å². The number of esters is 1. The second kappa shape index (κ2) is 10.7. The molecule has 5 unspecified atom stereocenters. The average Bonchev–Trinajstić information content (AvgIpc) is 2.78. The Morgan fingerprint density at radius 3 is 2.44 bits per heavy atom. The SMILES string of the molecule is CCC1C=C(C)C(C)C(CC)/C1=C1/C(=O)CC(C(C)CSc2ccc(C(F)(F)F)cn2)OC1=O. The van der Waals surface area contributed by atoms with E-state index in [0.717, 1.165) is 30.7 Å². The second-order valence-corrected chi connectivity index (χ2v) is 10.3. The molecule has 0 spiro atoms. The van der Waals surface area contributed by atoms with Gasteiger partial charge < -0.3 is 4.74 Å². The molecule has 3 rings (SSSR count). The lowest BCUT2D eigenvalue weighted by atomic mass is 9.67. The number of hydrogen-bond donors (Lipinski definition) is 0. The van der Waals surface area contributed by atoms with Gasteiger partial charge in [-0.1, -0.05) is 39.3 Å². The highest BCUT2D eigenvalue weighted by Gasteiger charge is 2.41. The normalized spacial score (nSPS) is 29.0. The highest BCUT2D eigenvalue weighted by Crippen LogP contribution is 2.44. The van der Waals surface area contributed by atoms with E-state index in [-0.39, 0.29) is 41.4 Å². The van der Waals surface area contributed by atoms with Gasteiger partial charge in [0, 0.05) is 24.3 Å². The standard InChI is InChI=1S/C26H32F3NO3S/c1-6-17-10-14(3)16(5)19(7-2)23(17)24-20(31)11-21(33-25(24)32)15(4)13-34-22-9-8-18(12-30-22)26(27,28)29/h8-10,12,15-17,19,21H,6-7,11,13H2,1-5H3/b24-23-. The lowest BCUT2D eigenvalue weighted by Gasteiger charge is -2.38. The summed E-state index contributed by atoms with van der Waals surface area (Å²) in [7, 11) is 0. The number of ether oxygens (including phenoxy) is 1. The Hall–Kier alpha value is -2.09. The molecule has 0 aromatic carbocycles. The second-order valence-electron chi connectivity index (χ2n) is 9.30. The fourth-order valence-corrected chi connectivity index (χ4v) is 5.83. The minimum Gasteiger partial charge on any atom is -0.458 e. The van der Waals surface area contributed by atoms with Crippen LogP contribution in [0.15, 0.2) is 46.2 Å². The largest absolute Gasteiger partial charge is 0.458 e. The molecule has 0 radical (unpaired) electrons. The number of rotatable bonds is 6. The van der Waals surface area contributed by atoms with Crippen LogP contribution >= 0.6 is 11.8 Å². The fraction of sp³-hybridized carbons (Fsp3) is 0.577. The third-order valence-corrected chi connectivity index (χ3v) is 8.30. The van der Waals surface area contributed by atoms with E-state index in [4.69, 9.17) is 4.74 Å². The Kier molecular flexibility index (Phi) is 8.32. The molecule has 1 aliphatic carbocycles. The molecule has 4 nitrogen and oxygen atoms in total. The number of Topliss-reactive ketones (excluding diaryl/α,β-unsaturated/α-hetero) is 1. The number of aromatic nitrogens is 1. The van der Waals surface area contributed by atoms with Crippen LogP contribution < -0.4 is 0 Å².